The summed E-state index contributed by atoms with van der Waals surface area (Å²) >= 11 is 0. The van der Waals surface area contributed by atoms with Gasteiger partial charge in [-0.15, -0.1) is 0 Å². The summed E-state index contributed by atoms with van der Waals surface area (Å²) in [7, 11) is 2.76. The average Bonchev–Trinajstić information content (AvgIpc) is 2.72. The standard InChI is InChI=1S/C19H18F2N2O6/c1-27-15-5-3-4-12(18(15)28-2)19(26)29-10-17(25)22-9-16(24)23-11-6-7-13(20)14(21)8-11/h3-8H,9-10H2,1-2H3,(H,22,25)(H,23,24). The van der Waals surface area contributed by atoms with Gasteiger partial charge in [0.05, 0.1) is 20.8 Å². The van der Waals surface area contributed by atoms with Gasteiger partial charge in [0.15, 0.2) is 29.7 Å². The number of halogens is 2. The highest BCUT2D eigenvalue weighted by molar-refractivity contribution is 5.96. The van der Waals surface area contributed by atoms with Crippen molar-refractivity contribution in [2.75, 3.05) is 32.7 Å². The summed E-state index contributed by atoms with van der Waals surface area (Å²) in [6.07, 6.45) is 0. The number of amides is 2. The largest absolute Gasteiger partial charge is 0.493 e. The first kappa shape index (κ1) is 21.6. The summed E-state index contributed by atoms with van der Waals surface area (Å²) in [5.41, 5.74) is 0.0930. The molecular weight excluding hydrogens is 390 g/mol. The van der Waals surface area contributed by atoms with E-state index in [9.17, 15) is 23.2 Å². The molecule has 0 aromatic heterocycles. The van der Waals surface area contributed by atoms with E-state index in [1.165, 1.54) is 26.4 Å². The van der Waals surface area contributed by atoms with E-state index < -0.39 is 42.6 Å². The van der Waals surface area contributed by atoms with E-state index in [1.54, 1.807) is 12.1 Å². The zero-order chi connectivity index (χ0) is 21.4. The summed E-state index contributed by atoms with van der Waals surface area (Å²) < 4.78 is 41.1. The van der Waals surface area contributed by atoms with Gasteiger partial charge in [-0.2, -0.15) is 0 Å². The topological polar surface area (TPSA) is 103 Å². The van der Waals surface area contributed by atoms with E-state index in [0.717, 1.165) is 12.1 Å². The van der Waals surface area contributed by atoms with Crippen LogP contribution >= 0.6 is 0 Å². The average molecular weight is 408 g/mol. The summed E-state index contributed by atoms with van der Waals surface area (Å²) in [6, 6.07) is 7.42. The molecule has 0 radical (unpaired) electrons. The quantitative estimate of drug-likeness (QED) is 0.647. The Balaban J connectivity index is 1.83. The van der Waals surface area contributed by atoms with Gasteiger partial charge in [0.1, 0.15) is 5.56 Å². The molecule has 0 aliphatic heterocycles. The third-order valence-corrected chi connectivity index (χ3v) is 3.61. The van der Waals surface area contributed by atoms with E-state index in [4.69, 9.17) is 14.2 Å². The molecule has 2 N–H and O–H groups in total. The van der Waals surface area contributed by atoms with Crippen molar-refractivity contribution < 1.29 is 37.4 Å². The summed E-state index contributed by atoms with van der Waals surface area (Å²) in [5.74, 6) is -3.92. The van der Waals surface area contributed by atoms with Crippen LogP contribution in [0, 0.1) is 11.6 Å². The van der Waals surface area contributed by atoms with Crippen LogP contribution < -0.4 is 20.1 Å². The van der Waals surface area contributed by atoms with Crippen LogP contribution in [0.2, 0.25) is 0 Å². The fourth-order valence-corrected chi connectivity index (χ4v) is 2.27. The number of hydrogen-bond acceptors (Lipinski definition) is 6. The Morgan fingerprint density at radius 2 is 1.72 bits per heavy atom. The van der Waals surface area contributed by atoms with E-state index in [2.05, 4.69) is 10.6 Å². The van der Waals surface area contributed by atoms with Gasteiger partial charge in [0, 0.05) is 11.8 Å². The molecule has 0 unspecified atom stereocenters. The van der Waals surface area contributed by atoms with Crippen LogP contribution in [0.4, 0.5) is 14.5 Å². The highest BCUT2D eigenvalue weighted by Gasteiger charge is 2.19. The predicted octanol–water partition coefficient (Wildman–Crippen LogP) is 1.89. The Morgan fingerprint density at radius 3 is 2.38 bits per heavy atom. The molecule has 0 aliphatic carbocycles. The lowest BCUT2D eigenvalue weighted by atomic mass is 10.2. The fourth-order valence-electron chi connectivity index (χ4n) is 2.27. The van der Waals surface area contributed by atoms with Crippen molar-refractivity contribution in [3.05, 3.63) is 53.6 Å². The highest BCUT2D eigenvalue weighted by atomic mass is 19.2. The number of rotatable bonds is 8. The maximum absolute atomic E-state index is 13.1. The van der Waals surface area contributed by atoms with Crippen LogP contribution in [0.15, 0.2) is 36.4 Å². The highest BCUT2D eigenvalue weighted by Crippen LogP contribution is 2.31. The van der Waals surface area contributed by atoms with Gasteiger partial charge in [-0.05, 0) is 24.3 Å². The summed E-state index contributed by atoms with van der Waals surface area (Å²) in [6.45, 7) is -1.10. The molecule has 0 saturated carbocycles. The van der Waals surface area contributed by atoms with Crippen LogP contribution in [0.25, 0.3) is 0 Å². The molecule has 0 atom stereocenters. The van der Waals surface area contributed by atoms with Crippen molar-refractivity contribution in [2.45, 2.75) is 0 Å². The van der Waals surface area contributed by atoms with Gasteiger partial charge in [0.25, 0.3) is 5.91 Å². The molecule has 10 heteroatoms. The van der Waals surface area contributed by atoms with Crippen LogP contribution in [-0.4, -0.2) is 45.2 Å². The minimum absolute atomic E-state index is 0.0275. The zero-order valence-electron chi connectivity index (χ0n) is 15.6. The second-order valence-electron chi connectivity index (χ2n) is 5.57. The van der Waals surface area contributed by atoms with Gasteiger partial charge in [-0.25, -0.2) is 13.6 Å². The Labute approximate surface area is 164 Å². The second-order valence-corrected chi connectivity index (χ2v) is 5.57. The van der Waals surface area contributed by atoms with Crippen LogP contribution in [0.3, 0.4) is 0 Å². The first-order valence-corrected chi connectivity index (χ1v) is 8.25. The van der Waals surface area contributed by atoms with Gasteiger partial charge in [-0.3, -0.25) is 9.59 Å². The molecule has 2 aromatic rings. The van der Waals surface area contributed by atoms with Crippen LogP contribution in [-0.2, 0) is 14.3 Å². The molecule has 29 heavy (non-hydrogen) atoms. The summed E-state index contributed by atoms with van der Waals surface area (Å²) in [5, 5.41) is 4.52. The maximum Gasteiger partial charge on any atom is 0.342 e. The zero-order valence-corrected chi connectivity index (χ0v) is 15.6. The molecule has 0 fully saturated rings. The van der Waals surface area contributed by atoms with Crippen molar-refractivity contribution in [3.63, 3.8) is 0 Å². The lowest BCUT2D eigenvalue weighted by Gasteiger charge is -2.12. The molecule has 0 aliphatic rings. The van der Waals surface area contributed by atoms with Gasteiger partial charge < -0.3 is 24.8 Å². The van der Waals surface area contributed by atoms with Crippen molar-refractivity contribution in [3.8, 4) is 11.5 Å². The molecule has 2 amide bonds. The number of nitrogens with one attached hydrogen (secondary N) is 2. The number of benzene rings is 2. The molecule has 8 nitrogen and oxygen atoms in total. The Morgan fingerprint density at radius 1 is 0.966 bits per heavy atom. The molecule has 2 rings (SSSR count). The Hall–Kier alpha value is -3.69. The van der Waals surface area contributed by atoms with Crippen molar-refractivity contribution in [2.24, 2.45) is 0 Å². The first-order chi connectivity index (χ1) is 13.8. The normalized spacial score (nSPS) is 10.1. The molecule has 2 aromatic carbocycles. The third-order valence-electron chi connectivity index (χ3n) is 3.61. The Bertz CT molecular complexity index is 920. The van der Waals surface area contributed by atoms with E-state index in [0.29, 0.717) is 5.75 Å². The maximum atomic E-state index is 13.1. The molecule has 0 saturated heterocycles. The number of anilines is 1. The number of para-hydroxylation sites is 1. The Kier molecular flexibility index (Phi) is 7.47. The minimum Gasteiger partial charge on any atom is -0.493 e. The smallest absolute Gasteiger partial charge is 0.342 e. The van der Waals surface area contributed by atoms with Crippen LogP contribution in [0.1, 0.15) is 10.4 Å². The second kappa shape index (κ2) is 10.0. The van der Waals surface area contributed by atoms with E-state index in [-0.39, 0.29) is 17.0 Å². The number of carbonyl (C=O) groups excluding carboxylic acids is 3. The molecule has 0 bridgehead atoms. The van der Waals surface area contributed by atoms with E-state index in [1.807, 2.05) is 0 Å². The van der Waals surface area contributed by atoms with Gasteiger partial charge in [-0.1, -0.05) is 6.07 Å². The monoisotopic (exact) mass is 408 g/mol. The lowest BCUT2D eigenvalue weighted by molar-refractivity contribution is -0.126. The van der Waals surface area contributed by atoms with Crippen molar-refractivity contribution in [1.82, 2.24) is 5.32 Å². The number of hydrogen-bond donors (Lipinski definition) is 2. The third kappa shape index (κ3) is 5.89. The SMILES string of the molecule is COc1cccc(C(=O)OCC(=O)NCC(=O)Nc2ccc(F)c(F)c2)c1OC. The predicted molar refractivity (Wildman–Crippen MR) is 97.8 cm³/mol. The van der Waals surface area contributed by atoms with Crippen molar-refractivity contribution >= 4 is 23.5 Å². The molecule has 154 valence electrons. The fraction of sp³-hybridized carbons (Fsp3) is 0.211. The number of carbonyl (C=O) groups is 3. The minimum atomic E-state index is -1.12. The number of esters is 1. The van der Waals surface area contributed by atoms with Crippen LogP contribution in [0.5, 0.6) is 11.5 Å². The van der Waals surface area contributed by atoms with E-state index >= 15 is 0 Å². The molecular formula is C19H18F2N2O6. The molecule has 0 heterocycles. The number of methoxy groups -OCH3 is 2. The first-order valence-electron chi connectivity index (χ1n) is 8.25. The summed E-state index contributed by atoms with van der Waals surface area (Å²) in [4.78, 5) is 35.7. The lowest BCUT2D eigenvalue weighted by Crippen LogP contribution is -2.35. The van der Waals surface area contributed by atoms with Gasteiger partial charge >= 0.3 is 5.97 Å². The van der Waals surface area contributed by atoms with Gasteiger partial charge in [0.2, 0.25) is 5.91 Å². The van der Waals surface area contributed by atoms with Crippen molar-refractivity contribution in [1.29, 1.82) is 0 Å². The number of ether oxygens (including phenoxy) is 3. The molecule has 0 spiro atoms.